The molecule has 142 valence electrons. The van der Waals surface area contributed by atoms with Crippen molar-refractivity contribution in [2.24, 2.45) is 0 Å². The van der Waals surface area contributed by atoms with Gasteiger partial charge >= 0.3 is 0 Å². The Hall–Kier alpha value is -1.99. The number of nitrogens with zero attached hydrogens (tertiary/aromatic N) is 1. The van der Waals surface area contributed by atoms with Gasteiger partial charge in [-0.2, -0.15) is 0 Å². The Bertz CT molecular complexity index is 862. The van der Waals surface area contributed by atoms with Gasteiger partial charge < -0.3 is 14.2 Å². The number of hydrogen-bond acceptors (Lipinski definition) is 6. The molecule has 1 unspecified atom stereocenters. The second-order valence-electron chi connectivity index (χ2n) is 6.40. The minimum atomic E-state index is -0.388. The number of rotatable bonds is 5. The van der Waals surface area contributed by atoms with Crippen LogP contribution in [-0.2, 0) is 16.2 Å². The van der Waals surface area contributed by atoms with Crippen molar-refractivity contribution in [2.75, 3.05) is 20.3 Å². The third-order valence-electron chi connectivity index (χ3n) is 4.48. The van der Waals surface area contributed by atoms with E-state index >= 15 is 0 Å². The van der Waals surface area contributed by atoms with Crippen LogP contribution in [0.4, 0.5) is 0 Å². The first-order valence-corrected chi connectivity index (χ1v) is 9.20. The zero-order valence-electron chi connectivity index (χ0n) is 14.6. The highest BCUT2D eigenvalue weighted by Gasteiger charge is 2.39. The van der Waals surface area contributed by atoms with Crippen molar-refractivity contribution in [3.05, 3.63) is 57.8 Å². The smallest absolute Gasteiger partial charge is 0.162 e. The molecule has 0 saturated carbocycles. The molecule has 2 aromatic rings. The molecule has 27 heavy (non-hydrogen) atoms. The van der Waals surface area contributed by atoms with Gasteiger partial charge in [-0.05, 0) is 42.0 Å². The first kappa shape index (κ1) is 18.4. The fraction of sp³-hybridized carbons (Fsp3) is 0.316. The van der Waals surface area contributed by atoms with Gasteiger partial charge in [0.05, 0.1) is 19.4 Å². The van der Waals surface area contributed by atoms with Gasteiger partial charge in [0.1, 0.15) is 22.5 Å². The lowest BCUT2D eigenvalue weighted by molar-refractivity contribution is -0.0373. The summed E-state index contributed by atoms with van der Waals surface area (Å²) >= 11 is 11.9. The van der Waals surface area contributed by atoms with Gasteiger partial charge in [-0.3, -0.25) is 10.3 Å². The van der Waals surface area contributed by atoms with Crippen molar-refractivity contribution in [2.45, 2.75) is 18.6 Å². The minimum Gasteiger partial charge on any atom is -0.493 e. The number of hydroxylamine groups is 1. The van der Waals surface area contributed by atoms with E-state index in [4.69, 9.17) is 42.3 Å². The summed E-state index contributed by atoms with van der Waals surface area (Å²) in [6, 6.07) is 9.13. The van der Waals surface area contributed by atoms with Crippen LogP contribution < -0.4 is 15.0 Å². The largest absolute Gasteiger partial charge is 0.493 e. The fourth-order valence-corrected chi connectivity index (χ4v) is 3.60. The Kier molecular flexibility index (Phi) is 5.14. The van der Waals surface area contributed by atoms with Crippen LogP contribution in [0.3, 0.4) is 0 Å². The van der Waals surface area contributed by atoms with Gasteiger partial charge in [0.15, 0.2) is 11.5 Å². The lowest BCUT2D eigenvalue weighted by Gasteiger charge is -2.15. The number of aromatic nitrogens is 1. The second-order valence-corrected chi connectivity index (χ2v) is 7.18. The van der Waals surface area contributed by atoms with Crippen LogP contribution >= 0.6 is 23.2 Å². The average molecular weight is 409 g/mol. The van der Waals surface area contributed by atoms with E-state index in [9.17, 15) is 0 Å². The quantitative estimate of drug-likeness (QED) is 0.754. The van der Waals surface area contributed by atoms with Crippen LogP contribution in [0.2, 0.25) is 10.3 Å². The Balaban J connectivity index is 1.56. The number of hydrogen-bond donors (Lipinski definition) is 1. The van der Waals surface area contributed by atoms with Crippen LogP contribution in [0.15, 0.2) is 36.4 Å². The molecule has 1 aromatic carbocycles. The van der Waals surface area contributed by atoms with Crippen LogP contribution in [0, 0.1) is 0 Å². The maximum Gasteiger partial charge on any atom is 0.162 e. The van der Waals surface area contributed by atoms with Crippen molar-refractivity contribution in [3.8, 4) is 11.5 Å². The van der Waals surface area contributed by atoms with Crippen LogP contribution in [0.25, 0.3) is 5.70 Å². The summed E-state index contributed by atoms with van der Waals surface area (Å²) in [5.41, 5.74) is 5.24. The van der Waals surface area contributed by atoms with Gasteiger partial charge in [-0.25, -0.2) is 4.98 Å². The molecule has 1 fully saturated rings. The van der Waals surface area contributed by atoms with E-state index in [1.807, 2.05) is 18.2 Å². The van der Waals surface area contributed by atoms with E-state index in [1.165, 1.54) is 0 Å². The molecule has 1 aromatic heterocycles. The van der Waals surface area contributed by atoms with Gasteiger partial charge in [0, 0.05) is 18.6 Å². The van der Waals surface area contributed by atoms with E-state index in [1.54, 1.807) is 19.2 Å². The van der Waals surface area contributed by atoms with Crippen molar-refractivity contribution in [1.82, 2.24) is 10.5 Å². The Morgan fingerprint density at radius 1 is 1.19 bits per heavy atom. The Labute approximate surface area is 166 Å². The van der Waals surface area contributed by atoms with Crippen LogP contribution in [-0.4, -0.2) is 30.9 Å². The summed E-state index contributed by atoms with van der Waals surface area (Å²) < 4.78 is 16.8. The highest BCUT2D eigenvalue weighted by molar-refractivity contribution is 6.32. The molecule has 6 nitrogen and oxygen atoms in total. The molecule has 0 radical (unpaired) electrons. The molecule has 1 atom stereocenters. The van der Waals surface area contributed by atoms with Gasteiger partial charge in [0.25, 0.3) is 0 Å². The number of nitrogens with one attached hydrogen (secondary N) is 1. The minimum absolute atomic E-state index is 0.280. The summed E-state index contributed by atoms with van der Waals surface area (Å²) in [5, 5.41) is 0.645. The van der Waals surface area contributed by atoms with E-state index in [-0.39, 0.29) is 12.2 Å². The third-order valence-corrected chi connectivity index (χ3v) is 4.87. The molecule has 8 heteroatoms. The summed E-state index contributed by atoms with van der Waals surface area (Å²) in [7, 11) is 1.60. The standard InChI is InChI=1S/C19H18Cl2N2O4/c1-24-15-3-2-13(14-9-19(27-23-14)4-5-25-11-19)8-16(15)26-10-12-6-17(20)22-18(21)7-12/h2-3,6-9,23H,4-5,10-11H2,1H3. The first-order chi connectivity index (χ1) is 13.1. The molecule has 3 heterocycles. The topological polar surface area (TPSA) is 61.8 Å². The highest BCUT2D eigenvalue weighted by atomic mass is 35.5. The first-order valence-electron chi connectivity index (χ1n) is 8.45. The maximum atomic E-state index is 5.95. The second kappa shape index (κ2) is 7.56. The molecule has 0 aliphatic carbocycles. The predicted octanol–water partition coefficient (Wildman–Crippen LogP) is 4.01. The SMILES string of the molecule is COc1ccc(C2=CC3(CCOC3)ON2)cc1OCc1cc(Cl)nc(Cl)c1. The average Bonchev–Trinajstić information content (AvgIpc) is 3.29. The molecule has 2 aliphatic heterocycles. The zero-order chi connectivity index (χ0) is 18.9. The summed E-state index contributed by atoms with van der Waals surface area (Å²) in [6.07, 6.45) is 2.89. The molecule has 1 spiro atoms. The summed E-state index contributed by atoms with van der Waals surface area (Å²) in [4.78, 5) is 9.68. The van der Waals surface area contributed by atoms with Crippen molar-refractivity contribution in [3.63, 3.8) is 0 Å². The van der Waals surface area contributed by atoms with E-state index in [0.29, 0.717) is 35.0 Å². The lowest BCUT2D eigenvalue weighted by atomic mass is 10.0. The molecule has 4 rings (SSSR count). The molecule has 2 aliphatic rings. The van der Waals surface area contributed by atoms with Crippen LogP contribution in [0.5, 0.6) is 11.5 Å². The van der Waals surface area contributed by atoms with E-state index in [2.05, 4.69) is 16.5 Å². The van der Waals surface area contributed by atoms with Crippen molar-refractivity contribution in [1.29, 1.82) is 0 Å². The Morgan fingerprint density at radius 2 is 2.00 bits per heavy atom. The molecule has 1 saturated heterocycles. The molecular weight excluding hydrogens is 391 g/mol. The highest BCUT2D eigenvalue weighted by Crippen LogP contribution is 2.36. The van der Waals surface area contributed by atoms with Crippen LogP contribution in [0.1, 0.15) is 17.5 Å². The molecule has 0 bridgehead atoms. The molecule has 0 amide bonds. The number of methoxy groups -OCH3 is 1. The molecule has 1 N–H and O–H groups in total. The lowest BCUT2D eigenvalue weighted by Crippen LogP contribution is -2.29. The maximum absolute atomic E-state index is 5.95. The van der Waals surface area contributed by atoms with Crippen molar-refractivity contribution >= 4 is 28.9 Å². The number of pyridine rings is 1. The van der Waals surface area contributed by atoms with Crippen molar-refractivity contribution < 1.29 is 19.0 Å². The predicted molar refractivity (Wildman–Crippen MR) is 102 cm³/mol. The zero-order valence-corrected chi connectivity index (χ0v) is 16.1. The summed E-state index contributed by atoms with van der Waals surface area (Å²) in [5.74, 6) is 1.23. The van der Waals surface area contributed by atoms with E-state index in [0.717, 1.165) is 23.2 Å². The third kappa shape index (κ3) is 3.99. The monoisotopic (exact) mass is 408 g/mol. The fourth-order valence-electron chi connectivity index (χ4n) is 3.09. The number of benzene rings is 1. The number of halogens is 2. The van der Waals surface area contributed by atoms with E-state index < -0.39 is 0 Å². The van der Waals surface area contributed by atoms with Gasteiger partial charge in [-0.1, -0.05) is 23.2 Å². The van der Waals surface area contributed by atoms with Gasteiger partial charge in [0.2, 0.25) is 0 Å². The normalized spacial score (nSPS) is 21.2. The molecular formula is C19H18Cl2N2O4. The Morgan fingerprint density at radius 3 is 2.70 bits per heavy atom. The summed E-state index contributed by atoms with van der Waals surface area (Å²) in [6.45, 7) is 1.52. The number of ether oxygens (including phenoxy) is 3. The van der Waals surface area contributed by atoms with Gasteiger partial charge in [-0.15, -0.1) is 0 Å².